The number of nitrogens with zero attached hydrogens (tertiary/aromatic N) is 1. The Morgan fingerprint density at radius 1 is 1.60 bits per heavy atom. The van der Waals surface area contributed by atoms with E-state index in [1.54, 1.807) is 0 Å². The van der Waals surface area contributed by atoms with Gasteiger partial charge in [-0.15, -0.1) is 0 Å². The molecule has 58 valence electrons. The number of rotatable bonds is 3. The third-order valence-electron chi connectivity index (χ3n) is 1.70. The molecule has 1 rings (SSSR count). The highest BCUT2D eigenvalue weighted by molar-refractivity contribution is 5.77. The predicted molar refractivity (Wildman–Crippen MR) is 42.4 cm³/mol. The van der Waals surface area contributed by atoms with E-state index in [0.29, 0.717) is 6.04 Å². The lowest BCUT2D eigenvalue weighted by molar-refractivity contribution is 0.307. The minimum Gasteiger partial charge on any atom is -0.479 e. The van der Waals surface area contributed by atoms with E-state index in [0.717, 1.165) is 31.8 Å². The Balaban J connectivity index is 2.33. The van der Waals surface area contributed by atoms with Gasteiger partial charge in [0.25, 0.3) is 0 Å². The highest BCUT2D eigenvalue weighted by Crippen LogP contribution is 2.10. The summed E-state index contributed by atoms with van der Waals surface area (Å²) >= 11 is 0. The van der Waals surface area contributed by atoms with Gasteiger partial charge in [0, 0.05) is 6.42 Å². The Morgan fingerprint density at radius 2 is 2.40 bits per heavy atom. The van der Waals surface area contributed by atoms with Crippen molar-refractivity contribution in [2.45, 2.75) is 39.2 Å². The molecule has 0 aromatic heterocycles. The van der Waals surface area contributed by atoms with E-state index in [1.165, 1.54) is 0 Å². The lowest BCUT2D eigenvalue weighted by Gasteiger charge is -1.97. The first kappa shape index (κ1) is 7.58. The van der Waals surface area contributed by atoms with Gasteiger partial charge in [-0.1, -0.05) is 13.8 Å². The van der Waals surface area contributed by atoms with Crippen molar-refractivity contribution in [3.8, 4) is 0 Å². The van der Waals surface area contributed by atoms with E-state index in [4.69, 9.17) is 4.74 Å². The number of aliphatic imine (C=N–C) groups is 1. The molecule has 0 amide bonds. The highest BCUT2D eigenvalue weighted by atomic mass is 16.5. The lowest BCUT2D eigenvalue weighted by Crippen LogP contribution is -2.03. The van der Waals surface area contributed by atoms with Gasteiger partial charge in [0.15, 0.2) is 5.90 Å². The normalized spacial score (nSPS) is 24.2. The molecule has 1 atom stereocenters. The van der Waals surface area contributed by atoms with Crippen molar-refractivity contribution in [2.24, 2.45) is 4.99 Å². The maximum absolute atomic E-state index is 5.35. The zero-order valence-corrected chi connectivity index (χ0v) is 6.76. The molecule has 2 heteroatoms. The van der Waals surface area contributed by atoms with Gasteiger partial charge in [-0.05, 0) is 12.8 Å². The van der Waals surface area contributed by atoms with Crippen LogP contribution in [0.2, 0.25) is 0 Å². The number of hydrogen-bond acceptors (Lipinski definition) is 2. The van der Waals surface area contributed by atoms with Crippen LogP contribution in [0.25, 0.3) is 0 Å². The fourth-order valence-electron chi connectivity index (χ4n) is 1.03. The second kappa shape index (κ2) is 3.59. The van der Waals surface area contributed by atoms with Crippen LogP contribution in [0.4, 0.5) is 0 Å². The van der Waals surface area contributed by atoms with Crippen molar-refractivity contribution in [2.75, 3.05) is 6.61 Å². The van der Waals surface area contributed by atoms with E-state index < -0.39 is 0 Å². The van der Waals surface area contributed by atoms with Gasteiger partial charge < -0.3 is 4.74 Å². The van der Waals surface area contributed by atoms with Crippen LogP contribution >= 0.6 is 0 Å². The first-order valence-electron chi connectivity index (χ1n) is 4.06. The topological polar surface area (TPSA) is 21.6 Å². The molecule has 0 spiro atoms. The molecule has 1 aliphatic heterocycles. The fraction of sp³-hybridized carbons (Fsp3) is 0.875. The standard InChI is InChI=1S/C8H15NO/c1-3-5-8-9-7(4-2)6-10-8/h7H,3-6H2,1-2H3. The Morgan fingerprint density at radius 3 is 2.90 bits per heavy atom. The molecule has 10 heavy (non-hydrogen) atoms. The molecular formula is C8H15NO. The summed E-state index contributed by atoms with van der Waals surface area (Å²) in [7, 11) is 0. The monoisotopic (exact) mass is 141 g/mol. The van der Waals surface area contributed by atoms with Crippen molar-refractivity contribution in [1.82, 2.24) is 0 Å². The molecule has 0 radical (unpaired) electrons. The van der Waals surface area contributed by atoms with Crippen LogP contribution in [0.15, 0.2) is 4.99 Å². The smallest absolute Gasteiger partial charge is 0.183 e. The third-order valence-corrected chi connectivity index (χ3v) is 1.70. The summed E-state index contributed by atoms with van der Waals surface area (Å²) in [5.41, 5.74) is 0. The molecule has 0 bridgehead atoms. The minimum absolute atomic E-state index is 0.446. The maximum Gasteiger partial charge on any atom is 0.183 e. The second-order valence-corrected chi connectivity index (χ2v) is 2.65. The van der Waals surface area contributed by atoms with Crippen molar-refractivity contribution in [1.29, 1.82) is 0 Å². The quantitative estimate of drug-likeness (QED) is 0.589. The van der Waals surface area contributed by atoms with Crippen LogP contribution in [-0.2, 0) is 4.74 Å². The molecule has 0 aromatic rings. The summed E-state index contributed by atoms with van der Waals surface area (Å²) < 4.78 is 5.35. The first-order chi connectivity index (χ1) is 4.86. The fourth-order valence-corrected chi connectivity index (χ4v) is 1.03. The second-order valence-electron chi connectivity index (χ2n) is 2.65. The summed E-state index contributed by atoms with van der Waals surface area (Å²) in [6.07, 6.45) is 3.25. The molecule has 0 N–H and O–H groups in total. The molecule has 1 heterocycles. The van der Waals surface area contributed by atoms with Crippen LogP contribution in [0.3, 0.4) is 0 Å². The van der Waals surface area contributed by atoms with Gasteiger partial charge in [0.1, 0.15) is 6.61 Å². The lowest BCUT2D eigenvalue weighted by atomic mass is 10.3. The zero-order chi connectivity index (χ0) is 7.40. The molecule has 0 saturated carbocycles. The SMILES string of the molecule is CCCC1=NC(CC)CO1. The Bertz CT molecular complexity index is 131. The summed E-state index contributed by atoms with van der Waals surface area (Å²) in [5, 5.41) is 0. The van der Waals surface area contributed by atoms with Gasteiger partial charge in [-0.25, -0.2) is 4.99 Å². The molecule has 0 aromatic carbocycles. The van der Waals surface area contributed by atoms with Crippen LogP contribution in [0.1, 0.15) is 33.1 Å². The Labute approximate surface area is 62.3 Å². The molecule has 0 aliphatic carbocycles. The summed E-state index contributed by atoms with van der Waals surface area (Å²) in [5.74, 6) is 0.967. The summed E-state index contributed by atoms with van der Waals surface area (Å²) in [6.45, 7) is 5.10. The van der Waals surface area contributed by atoms with Crippen LogP contribution in [-0.4, -0.2) is 18.5 Å². The van der Waals surface area contributed by atoms with Crippen LogP contribution in [0.5, 0.6) is 0 Å². The molecule has 0 fully saturated rings. The maximum atomic E-state index is 5.35. The average molecular weight is 141 g/mol. The summed E-state index contributed by atoms with van der Waals surface area (Å²) in [4.78, 5) is 4.39. The van der Waals surface area contributed by atoms with E-state index in [-0.39, 0.29) is 0 Å². The van der Waals surface area contributed by atoms with Gasteiger partial charge >= 0.3 is 0 Å². The highest BCUT2D eigenvalue weighted by Gasteiger charge is 2.15. The van der Waals surface area contributed by atoms with Gasteiger partial charge in [0.2, 0.25) is 0 Å². The van der Waals surface area contributed by atoms with Crippen LogP contribution < -0.4 is 0 Å². The summed E-state index contributed by atoms with van der Waals surface area (Å²) in [6, 6.07) is 0.446. The van der Waals surface area contributed by atoms with E-state index in [1.807, 2.05) is 0 Å². The van der Waals surface area contributed by atoms with Crippen LogP contribution in [0, 0.1) is 0 Å². The first-order valence-corrected chi connectivity index (χ1v) is 4.06. The van der Waals surface area contributed by atoms with Gasteiger partial charge in [-0.3, -0.25) is 0 Å². The van der Waals surface area contributed by atoms with Gasteiger partial charge in [-0.2, -0.15) is 0 Å². The van der Waals surface area contributed by atoms with E-state index >= 15 is 0 Å². The molecule has 1 aliphatic rings. The Hall–Kier alpha value is -0.530. The Kier molecular flexibility index (Phi) is 2.72. The van der Waals surface area contributed by atoms with Crippen molar-refractivity contribution in [3.63, 3.8) is 0 Å². The number of ether oxygens (including phenoxy) is 1. The van der Waals surface area contributed by atoms with Gasteiger partial charge in [0.05, 0.1) is 6.04 Å². The van der Waals surface area contributed by atoms with E-state index in [2.05, 4.69) is 18.8 Å². The van der Waals surface area contributed by atoms with Crippen molar-refractivity contribution >= 4 is 5.90 Å². The van der Waals surface area contributed by atoms with Crippen molar-refractivity contribution in [3.05, 3.63) is 0 Å². The molecule has 2 nitrogen and oxygen atoms in total. The minimum atomic E-state index is 0.446. The van der Waals surface area contributed by atoms with E-state index in [9.17, 15) is 0 Å². The molecule has 0 saturated heterocycles. The average Bonchev–Trinajstić information content (AvgIpc) is 2.37. The number of hydrogen-bond donors (Lipinski definition) is 0. The third kappa shape index (κ3) is 1.72. The zero-order valence-electron chi connectivity index (χ0n) is 6.76. The van der Waals surface area contributed by atoms with Crippen molar-refractivity contribution < 1.29 is 4.74 Å². The predicted octanol–water partition coefficient (Wildman–Crippen LogP) is 1.99. The molecule has 1 unspecified atom stereocenters. The largest absolute Gasteiger partial charge is 0.479 e. The molecular weight excluding hydrogens is 126 g/mol.